The second kappa shape index (κ2) is 7.79. The van der Waals surface area contributed by atoms with Crippen LogP contribution in [0.2, 0.25) is 0 Å². The Hall–Kier alpha value is -2.88. The van der Waals surface area contributed by atoms with Crippen LogP contribution in [0.25, 0.3) is 10.8 Å². The minimum Gasteiger partial charge on any atom is -0.481 e. The summed E-state index contributed by atoms with van der Waals surface area (Å²) in [6.07, 6.45) is 4.14. The first-order chi connectivity index (χ1) is 12.2. The number of aryl methyl sites for hydroxylation is 1. The number of hydrogen-bond acceptors (Lipinski definition) is 4. The van der Waals surface area contributed by atoms with Crippen LogP contribution in [0.1, 0.15) is 23.6 Å². The van der Waals surface area contributed by atoms with Crippen LogP contribution in [0, 0.1) is 6.92 Å². The zero-order valence-electron chi connectivity index (χ0n) is 14.5. The van der Waals surface area contributed by atoms with Crippen molar-refractivity contribution in [3.8, 4) is 5.75 Å². The van der Waals surface area contributed by atoms with Gasteiger partial charge < -0.3 is 9.47 Å². The Morgan fingerprint density at radius 2 is 1.84 bits per heavy atom. The van der Waals surface area contributed by atoms with Crippen molar-refractivity contribution in [1.82, 2.24) is 4.98 Å². The quantitative estimate of drug-likeness (QED) is 0.637. The van der Waals surface area contributed by atoms with Crippen LogP contribution >= 0.6 is 0 Å². The molecule has 1 aromatic heterocycles. The van der Waals surface area contributed by atoms with Gasteiger partial charge in [-0.3, -0.25) is 4.98 Å². The number of nitrogens with zero attached hydrogens (tertiary/aromatic N) is 1. The van der Waals surface area contributed by atoms with E-state index < -0.39 is 0 Å². The summed E-state index contributed by atoms with van der Waals surface area (Å²) >= 11 is 0. The van der Waals surface area contributed by atoms with Gasteiger partial charge in [-0.2, -0.15) is 0 Å². The van der Waals surface area contributed by atoms with Crippen LogP contribution < -0.4 is 4.74 Å². The maximum absolute atomic E-state index is 11.5. The van der Waals surface area contributed by atoms with E-state index in [2.05, 4.69) is 42.2 Å². The minimum atomic E-state index is -0.369. The molecule has 0 atom stereocenters. The van der Waals surface area contributed by atoms with E-state index in [0.29, 0.717) is 18.8 Å². The topological polar surface area (TPSA) is 48.4 Å². The van der Waals surface area contributed by atoms with Crippen molar-refractivity contribution in [1.29, 1.82) is 0 Å². The molecule has 0 spiro atoms. The van der Waals surface area contributed by atoms with Crippen LogP contribution in [0.4, 0.5) is 0 Å². The Labute approximate surface area is 147 Å². The summed E-state index contributed by atoms with van der Waals surface area (Å²) < 4.78 is 10.6. The van der Waals surface area contributed by atoms with Gasteiger partial charge in [-0.05, 0) is 41.8 Å². The van der Waals surface area contributed by atoms with Crippen LogP contribution in [0.5, 0.6) is 5.75 Å². The first-order valence-corrected chi connectivity index (χ1v) is 8.37. The van der Waals surface area contributed by atoms with E-state index in [-0.39, 0.29) is 12.6 Å². The minimum absolute atomic E-state index is 0.0977. The van der Waals surface area contributed by atoms with E-state index in [1.165, 1.54) is 21.9 Å². The summed E-state index contributed by atoms with van der Waals surface area (Å²) in [5.41, 5.74) is 3.40. The Balaban J connectivity index is 1.87. The number of hydrogen-bond donors (Lipinski definition) is 0. The van der Waals surface area contributed by atoms with Crippen molar-refractivity contribution in [2.75, 3.05) is 13.2 Å². The average Bonchev–Trinajstić information content (AvgIpc) is 2.64. The van der Waals surface area contributed by atoms with E-state index in [0.717, 1.165) is 5.56 Å². The van der Waals surface area contributed by atoms with Gasteiger partial charge in [0.2, 0.25) is 0 Å². The number of benzene rings is 2. The van der Waals surface area contributed by atoms with Crippen LogP contribution in [-0.2, 0) is 16.0 Å². The fraction of sp³-hybridized carbons (Fsp3) is 0.238. The lowest BCUT2D eigenvalue weighted by molar-refractivity contribution is -0.145. The van der Waals surface area contributed by atoms with E-state index in [1.54, 1.807) is 25.4 Å². The molecule has 0 aliphatic heterocycles. The number of carbonyl (C=O) groups is 1. The third kappa shape index (κ3) is 3.97. The third-order valence-corrected chi connectivity index (χ3v) is 4.12. The third-order valence-electron chi connectivity index (χ3n) is 4.12. The van der Waals surface area contributed by atoms with E-state index in [4.69, 9.17) is 9.47 Å². The molecule has 128 valence electrons. The summed E-state index contributed by atoms with van der Waals surface area (Å²) in [4.78, 5) is 15.7. The summed E-state index contributed by atoms with van der Waals surface area (Å²) in [6, 6.07) is 14.4. The number of esters is 1. The molecule has 4 heteroatoms. The van der Waals surface area contributed by atoms with Gasteiger partial charge in [0.25, 0.3) is 0 Å². The van der Waals surface area contributed by atoms with Gasteiger partial charge in [-0.15, -0.1) is 0 Å². The molecule has 3 aromatic rings. The van der Waals surface area contributed by atoms with Gasteiger partial charge in [-0.25, -0.2) is 4.79 Å². The average molecular weight is 335 g/mol. The van der Waals surface area contributed by atoms with Gasteiger partial charge >= 0.3 is 5.97 Å². The molecule has 3 rings (SSSR count). The van der Waals surface area contributed by atoms with Crippen molar-refractivity contribution in [2.24, 2.45) is 0 Å². The van der Waals surface area contributed by atoms with Crippen LogP contribution in [0.15, 0.2) is 54.9 Å². The lowest BCUT2D eigenvalue weighted by Gasteiger charge is -2.13. The molecule has 0 radical (unpaired) electrons. The summed E-state index contributed by atoms with van der Waals surface area (Å²) in [7, 11) is 0. The van der Waals surface area contributed by atoms with Gasteiger partial charge in [0.15, 0.2) is 6.61 Å². The van der Waals surface area contributed by atoms with E-state index in [1.807, 2.05) is 6.07 Å². The molecular weight excluding hydrogens is 314 g/mol. The fourth-order valence-electron chi connectivity index (χ4n) is 2.90. The van der Waals surface area contributed by atoms with Crippen molar-refractivity contribution in [2.45, 2.75) is 20.3 Å². The Bertz CT molecular complexity index is 889. The molecule has 0 bridgehead atoms. The van der Waals surface area contributed by atoms with Crippen molar-refractivity contribution in [3.05, 3.63) is 71.5 Å². The molecule has 1 heterocycles. The summed E-state index contributed by atoms with van der Waals surface area (Å²) in [5.74, 6) is 0.291. The molecule has 0 N–H and O–H groups in total. The van der Waals surface area contributed by atoms with Crippen molar-refractivity contribution < 1.29 is 14.3 Å². The predicted octanol–water partition coefficient (Wildman–Crippen LogP) is 4.08. The number of pyridine rings is 1. The zero-order valence-corrected chi connectivity index (χ0v) is 14.5. The monoisotopic (exact) mass is 335 g/mol. The Kier molecular flexibility index (Phi) is 5.29. The molecule has 0 saturated carbocycles. The normalized spacial score (nSPS) is 10.6. The standard InChI is InChI=1S/C21H21NO3/c1-3-24-21(23)14-25-20-10-11-22-13-17(20)12-16-9-8-15(2)18-6-4-5-7-19(16)18/h4-11,13H,3,12,14H2,1-2H3. The maximum Gasteiger partial charge on any atom is 0.344 e. The molecule has 0 aliphatic rings. The van der Waals surface area contributed by atoms with E-state index >= 15 is 0 Å². The lowest BCUT2D eigenvalue weighted by Crippen LogP contribution is -2.15. The van der Waals surface area contributed by atoms with Gasteiger partial charge in [-0.1, -0.05) is 36.4 Å². The number of aromatic nitrogens is 1. The molecule has 4 nitrogen and oxygen atoms in total. The first kappa shape index (κ1) is 17.0. The second-order valence-corrected chi connectivity index (χ2v) is 5.84. The first-order valence-electron chi connectivity index (χ1n) is 8.37. The maximum atomic E-state index is 11.5. The Morgan fingerprint density at radius 1 is 1.04 bits per heavy atom. The zero-order chi connectivity index (χ0) is 17.6. The Morgan fingerprint density at radius 3 is 2.64 bits per heavy atom. The highest BCUT2D eigenvalue weighted by Crippen LogP contribution is 2.27. The summed E-state index contributed by atoms with van der Waals surface area (Å²) in [6.45, 7) is 4.14. The van der Waals surface area contributed by atoms with Gasteiger partial charge in [0.05, 0.1) is 6.61 Å². The molecule has 0 fully saturated rings. The highest BCUT2D eigenvalue weighted by molar-refractivity contribution is 5.88. The van der Waals surface area contributed by atoms with Crippen molar-refractivity contribution in [3.63, 3.8) is 0 Å². The molecule has 0 amide bonds. The lowest BCUT2D eigenvalue weighted by atomic mass is 9.96. The molecule has 0 aliphatic carbocycles. The molecule has 2 aromatic carbocycles. The van der Waals surface area contributed by atoms with Crippen LogP contribution in [-0.4, -0.2) is 24.2 Å². The number of fused-ring (bicyclic) bond motifs is 1. The van der Waals surface area contributed by atoms with Crippen LogP contribution in [0.3, 0.4) is 0 Å². The van der Waals surface area contributed by atoms with E-state index in [9.17, 15) is 4.79 Å². The SMILES string of the molecule is CCOC(=O)COc1ccncc1Cc1ccc(C)c2ccccc12. The molecule has 25 heavy (non-hydrogen) atoms. The van der Waals surface area contributed by atoms with Gasteiger partial charge in [0.1, 0.15) is 5.75 Å². The smallest absolute Gasteiger partial charge is 0.344 e. The highest BCUT2D eigenvalue weighted by Gasteiger charge is 2.10. The largest absolute Gasteiger partial charge is 0.481 e. The second-order valence-electron chi connectivity index (χ2n) is 5.84. The number of rotatable bonds is 6. The number of ether oxygens (including phenoxy) is 2. The predicted molar refractivity (Wildman–Crippen MR) is 97.9 cm³/mol. The van der Waals surface area contributed by atoms with Gasteiger partial charge in [0, 0.05) is 24.4 Å². The fourth-order valence-corrected chi connectivity index (χ4v) is 2.90. The molecule has 0 unspecified atom stereocenters. The van der Waals surface area contributed by atoms with Crippen molar-refractivity contribution >= 4 is 16.7 Å². The summed E-state index contributed by atoms with van der Waals surface area (Å²) in [5, 5.41) is 2.47. The number of carbonyl (C=O) groups excluding carboxylic acids is 1. The highest BCUT2D eigenvalue weighted by atomic mass is 16.6. The molecule has 0 saturated heterocycles. The molecular formula is C21H21NO3.